The van der Waals surface area contributed by atoms with Gasteiger partial charge in [0.1, 0.15) is 11.2 Å². The van der Waals surface area contributed by atoms with Gasteiger partial charge < -0.3 is 0 Å². The van der Waals surface area contributed by atoms with E-state index in [-0.39, 0.29) is 17.1 Å². The molecule has 1 atom stereocenters. The van der Waals surface area contributed by atoms with Gasteiger partial charge in [-0.1, -0.05) is 6.07 Å². The smallest absolute Gasteiger partial charge is 0.265 e. The molecule has 0 aliphatic carbocycles. The summed E-state index contributed by atoms with van der Waals surface area (Å²) in [4.78, 5) is 16.3. The van der Waals surface area contributed by atoms with Gasteiger partial charge in [0.2, 0.25) is 0 Å². The summed E-state index contributed by atoms with van der Waals surface area (Å²) in [6, 6.07) is 4.49. The van der Waals surface area contributed by atoms with Crippen molar-refractivity contribution in [2.24, 2.45) is 0 Å². The fourth-order valence-corrected chi connectivity index (χ4v) is 2.26. The van der Waals surface area contributed by atoms with Crippen LogP contribution in [0.15, 0.2) is 29.3 Å². The monoisotopic (exact) mass is 233 g/mol. The van der Waals surface area contributed by atoms with Crippen molar-refractivity contribution < 1.29 is 4.39 Å². The SMILES string of the molecule is O=c1c2c(F)cccc2ncn1C1CCCN1. The average molecular weight is 233 g/mol. The molecular weight excluding hydrogens is 221 g/mol. The first-order valence-electron chi connectivity index (χ1n) is 5.66. The van der Waals surface area contributed by atoms with Gasteiger partial charge in [0.15, 0.2) is 0 Å². The van der Waals surface area contributed by atoms with Crippen LogP contribution < -0.4 is 10.9 Å². The van der Waals surface area contributed by atoms with E-state index in [1.807, 2.05) is 0 Å². The predicted octanol–water partition coefficient (Wildman–Crippen LogP) is 1.42. The predicted molar refractivity (Wildman–Crippen MR) is 62.2 cm³/mol. The van der Waals surface area contributed by atoms with Crippen molar-refractivity contribution in [3.8, 4) is 0 Å². The second-order valence-electron chi connectivity index (χ2n) is 4.20. The Morgan fingerprint density at radius 2 is 2.35 bits per heavy atom. The molecular formula is C12H12FN3O. The fraction of sp³-hybridized carbons (Fsp3) is 0.333. The Bertz CT molecular complexity index is 617. The van der Waals surface area contributed by atoms with Gasteiger partial charge in [-0.25, -0.2) is 9.37 Å². The first-order valence-corrected chi connectivity index (χ1v) is 5.66. The van der Waals surface area contributed by atoms with Crippen LogP contribution in [0.1, 0.15) is 19.0 Å². The van der Waals surface area contributed by atoms with E-state index in [1.165, 1.54) is 17.0 Å². The van der Waals surface area contributed by atoms with E-state index < -0.39 is 5.82 Å². The molecule has 1 aliphatic heterocycles. The van der Waals surface area contributed by atoms with Crippen molar-refractivity contribution >= 4 is 10.9 Å². The summed E-state index contributed by atoms with van der Waals surface area (Å²) in [7, 11) is 0. The van der Waals surface area contributed by atoms with Crippen LogP contribution in [-0.4, -0.2) is 16.1 Å². The molecule has 0 radical (unpaired) electrons. The maximum Gasteiger partial charge on any atom is 0.265 e. The van der Waals surface area contributed by atoms with Gasteiger partial charge in [-0.3, -0.25) is 14.7 Å². The van der Waals surface area contributed by atoms with Crippen molar-refractivity contribution in [1.29, 1.82) is 0 Å². The number of hydrogen-bond donors (Lipinski definition) is 1. The lowest BCUT2D eigenvalue weighted by Gasteiger charge is -2.14. The van der Waals surface area contributed by atoms with E-state index in [1.54, 1.807) is 12.1 Å². The third-order valence-corrected chi connectivity index (χ3v) is 3.13. The van der Waals surface area contributed by atoms with Gasteiger partial charge in [-0.05, 0) is 31.5 Å². The molecule has 1 aliphatic rings. The van der Waals surface area contributed by atoms with Crippen LogP contribution in [0.4, 0.5) is 4.39 Å². The zero-order valence-corrected chi connectivity index (χ0v) is 9.19. The average Bonchev–Trinajstić information content (AvgIpc) is 2.83. The largest absolute Gasteiger partial charge is 0.297 e. The highest BCUT2D eigenvalue weighted by Gasteiger charge is 2.19. The number of benzene rings is 1. The summed E-state index contributed by atoms with van der Waals surface area (Å²) >= 11 is 0. The normalized spacial score (nSPS) is 19.9. The molecule has 1 saturated heterocycles. The number of rotatable bonds is 1. The van der Waals surface area contributed by atoms with Crippen LogP contribution >= 0.6 is 0 Å². The number of fused-ring (bicyclic) bond motifs is 1. The Balaban J connectivity index is 2.25. The van der Waals surface area contributed by atoms with Crippen LogP contribution in [0.25, 0.3) is 10.9 Å². The molecule has 0 amide bonds. The Hall–Kier alpha value is -1.75. The van der Waals surface area contributed by atoms with Gasteiger partial charge in [0, 0.05) is 0 Å². The molecule has 0 bridgehead atoms. The topological polar surface area (TPSA) is 46.9 Å². The van der Waals surface area contributed by atoms with Crippen molar-refractivity contribution in [1.82, 2.24) is 14.9 Å². The Morgan fingerprint density at radius 3 is 3.12 bits per heavy atom. The molecule has 2 aromatic rings. The lowest BCUT2D eigenvalue weighted by molar-refractivity contribution is 0.452. The molecule has 2 heterocycles. The fourth-order valence-electron chi connectivity index (χ4n) is 2.26. The van der Waals surface area contributed by atoms with Gasteiger partial charge in [0.25, 0.3) is 5.56 Å². The minimum absolute atomic E-state index is 0.0565. The van der Waals surface area contributed by atoms with Gasteiger partial charge in [-0.2, -0.15) is 0 Å². The molecule has 88 valence electrons. The molecule has 0 saturated carbocycles. The van der Waals surface area contributed by atoms with E-state index in [9.17, 15) is 9.18 Å². The van der Waals surface area contributed by atoms with E-state index >= 15 is 0 Å². The minimum Gasteiger partial charge on any atom is -0.297 e. The van der Waals surface area contributed by atoms with Crippen LogP contribution in [0, 0.1) is 5.82 Å². The van der Waals surface area contributed by atoms with E-state index in [2.05, 4.69) is 10.3 Å². The first-order chi connectivity index (χ1) is 8.27. The lowest BCUT2D eigenvalue weighted by Crippen LogP contribution is -2.30. The second-order valence-corrected chi connectivity index (χ2v) is 4.20. The highest BCUT2D eigenvalue weighted by atomic mass is 19.1. The zero-order valence-electron chi connectivity index (χ0n) is 9.19. The first kappa shape index (κ1) is 10.4. The van der Waals surface area contributed by atoms with Crippen molar-refractivity contribution in [2.75, 3.05) is 6.54 Å². The molecule has 1 aromatic carbocycles. The van der Waals surface area contributed by atoms with Gasteiger partial charge >= 0.3 is 0 Å². The standard InChI is InChI=1S/C12H12FN3O/c13-8-3-1-4-9-11(8)12(17)16(7-15-9)10-5-2-6-14-10/h1,3-4,7,10,14H,2,5-6H2. The minimum atomic E-state index is -0.507. The summed E-state index contributed by atoms with van der Waals surface area (Å²) in [6.07, 6.45) is 3.33. The zero-order chi connectivity index (χ0) is 11.8. The van der Waals surface area contributed by atoms with E-state index in [0.717, 1.165) is 19.4 Å². The summed E-state index contributed by atoms with van der Waals surface area (Å²) in [6.45, 7) is 0.881. The highest BCUT2D eigenvalue weighted by molar-refractivity contribution is 5.77. The molecule has 5 heteroatoms. The number of hydrogen-bond acceptors (Lipinski definition) is 3. The third kappa shape index (κ3) is 1.63. The van der Waals surface area contributed by atoms with Gasteiger partial charge in [0.05, 0.1) is 18.0 Å². The lowest BCUT2D eigenvalue weighted by atomic mass is 10.2. The molecule has 1 fully saturated rings. The molecule has 1 N–H and O–H groups in total. The summed E-state index contributed by atoms with van der Waals surface area (Å²) < 4.78 is 15.1. The molecule has 1 aromatic heterocycles. The van der Waals surface area contributed by atoms with Crippen molar-refractivity contribution in [3.63, 3.8) is 0 Å². The summed E-state index contributed by atoms with van der Waals surface area (Å²) in [5.74, 6) is -0.507. The molecule has 17 heavy (non-hydrogen) atoms. The molecule has 1 unspecified atom stereocenters. The summed E-state index contributed by atoms with van der Waals surface area (Å²) in [5, 5.41) is 3.27. The quantitative estimate of drug-likeness (QED) is 0.810. The van der Waals surface area contributed by atoms with E-state index in [4.69, 9.17) is 0 Å². The number of nitrogens with zero attached hydrogens (tertiary/aromatic N) is 2. The number of halogens is 1. The number of aromatic nitrogens is 2. The Morgan fingerprint density at radius 1 is 1.47 bits per heavy atom. The van der Waals surface area contributed by atoms with Crippen molar-refractivity contribution in [2.45, 2.75) is 19.0 Å². The second kappa shape index (κ2) is 3.92. The van der Waals surface area contributed by atoms with Crippen LogP contribution in [0.3, 0.4) is 0 Å². The Kier molecular flexibility index (Phi) is 2.40. The maximum absolute atomic E-state index is 13.6. The summed E-state index contributed by atoms with van der Waals surface area (Å²) in [5.41, 5.74) is 0.0942. The van der Waals surface area contributed by atoms with Crippen LogP contribution in [0.5, 0.6) is 0 Å². The van der Waals surface area contributed by atoms with E-state index in [0.29, 0.717) is 5.52 Å². The highest BCUT2D eigenvalue weighted by Crippen LogP contribution is 2.16. The van der Waals surface area contributed by atoms with Crippen LogP contribution in [-0.2, 0) is 0 Å². The van der Waals surface area contributed by atoms with Crippen LogP contribution in [0.2, 0.25) is 0 Å². The van der Waals surface area contributed by atoms with Gasteiger partial charge in [-0.15, -0.1) is 0 Å². The molecule has 3 rings (SSSR count). The maximum atomic E-state index is 13.6. The molecule has 4 nitrogen and oxygen atoms in total. The third-order valence-electron chi connectivity index (χ3n) is 3.13. The number of nitrogens with one attached hydrogen (secondary N) is 1. The molecule has 0 spiro atoms. The van der Waals surface area contributed by atoms with Crippen molar-refractivity contribution in [3.05, 3.63) is 40.7 Å². The Labute approximate surface area is 97.1 Å².